The van der Waals surface area contributed by atoms with Gasteiger partial charge in [0.25, 0.3) is 0 Å². The molecule has 0 saturated carbocycles. The molecule has 0 aromatic rings. The molecule has 0 heterocycles. The van der Waals surface area contributed by atoms with Gasteiger partial charge in [0.2, 0.25) is 0 Å². The number of hydrogen-bond acceptors (Lipinski definition) is 0. The molecule has 0 N–H and O–H groups in total. The Morgan fingerprint density at radius 1 is 1.00 bits per heavy atom. The summed E-state index contributed by atoms with van der Waals surface area (Å²) in [6.45, 7) is 4.34. The van der Waals surface area contributed by atoms with E-state index in [1.165, 1.54) is 12.8 Å². The molecular formula is C6H12Si2. The smallest absolute Gasteiger partial charge is 0.0262 e. The summed E-state index contributed by atoms with van der Waals surface area (Å²) in [5.41, 5.74) is 1.32. The number of hydrogen-bond donors (Lipinski definition) is 0. The first kappa shape index (κ1) is 8.43. The van der Waals surface area contributed by atoms with Crippen molar-refractivity contribution in [1.82, 2.24) is 0 Å². The van der Waals surface area contributed by atoms with Gasteiger partial charge in [-0.2, -0.15) is 0 Å². The van der Waals surface area contributed by atoms with Crippen LogP contribution >= 0.6 is 0 Å². The van der Waals surface area contributed by atoms with Crippen LogP contribution in [-0.2, 0) is 0 Å². The van der Waals surface area contributed by atoms with Gasteiger partial charge in [0.05, 0.1) is 0 Å². The Labute approximate surface area is 58.9 Å². The summed E-state index contributed by atoms with van der Waals surface area (Å²) >= 11 is 0. The second kappa shape index (κ2) is 4.33. The molecule has 0 amide bonds. The van der Waals surface area contributed by atoms with E-state index in [-0.39, 0.29) is 0 Å². The summed E-state index contributed by atoms with van der Waals surface area (Å²) in [7, 11) is 7.05. The lowest BCUT2D eigenvalue weighted by Crippen LogP contribution is -1.90. The van der Waals surface area contributed by atoms with Crippen LogP contribution < -0.4 is 0 Å². The molecule has 8 heavy (non-hydrogen) atoms. The fraction of sp³-hybridized carbons (Fsp3) is 1.00. The molecule has 6 radical (unpaired) electrons. The minimum Gasteiger partial charge on any atom is -0.0656 e. The van der Waals surface area contributed by atoms with E-state index < -0.39 is 0 Å². The van der Waals surface area contributed by atoms with Gasteiger partial charge in [0.1, 0.15) is 0 Å². The van der Waals surface area contributed by atoms with Crippen LogP contribution in [0.5, 0.6) is 0 Å². The van der Waals surface area contributed by atoms with Crippen molar-refractivity contribution in [2.24, 2.45) is 0 Å². The molecule has 0 fully saturated rings. The van der Waals surface area contributed by atoms with Crippen molar-refractivity contribution in [2.45, 2.75) is 37.8 Å². The van der Waals surface area contributed by atoms with Crippen LogP contribution in [0.3, 0.4) is 0 Å². The highest BCUT2D eigenvalue weighted by Crippen LogP contribution is 2.13. The van der Waals surface area contributed by atoms with Crippen LogP contribution in [0, 0.1) is 0 Å². The minimum atomic E-state index is 0.661. The van der Waals surface area contributed by atoms with E-state index >= 15 is 0 Å². The van der Waals surface area contributed by atoms with Gasteiger partial charge in [-0.05, 0) is 0 Å². The van der Waals surface area contributed by atoms with Gasteiger partial charge in [-0.1, -0.05) is 37.8 Å². The van der Waals surface area contributed by atoms with E-state index in [0.29, 0.717) is 11.1 Å². The molecule has 0 saturated heterocycles. The summed E-state index contributed by atoms with van der Waals surface area (Å²) in [6.07, 6.45) is 2.50. The van der Waals surface area contributed by atoms with Crippen molar-refractivity contribution in [3.63, 3.8) is 0 Å². The Balaban J connectivity index is 2.93. The van der Waals surface area contributed by atoms with Gasteiger partial charge < -0.3 is 0 Å². The van der Waals surface area contributed by atoms with Crippen LogP contribution in [0.4, 0.5) is 0 Å². The highest BCUT2D eigenvalue weighted by atomic mass is 28.1. The summed E-state index contributed by atoms with van der Waals surface area (Å²) in [5.74, 6) is 0. The average molecular weight is 140 g/mol. The van der Waals surface area contributed by atoms with Crippen molar-refractivity contribution in [3.05, 3.63) is 0 Å². The second-order valence-electron chi connectivity index (χ2n) is 2.38. The van der Waals surface area contributed by atoms with Crippen LogP contribution in [-0.4, -0.2) is 20.5 Å². The van der Waals surface area contributed by atoms with E-state index in [0.717, 1.165) is 0 Å². The molecule has 2 heteroatoms. The maximum Gasteiger partial charge on any atom is 0.0262 e. The Morgan fingerprint density at radius 2 is 1.25 bits per heavy atom. The number of rotatable bonds is 3. The third-order valence-corrected chi connectivity index (χ3v) is 1.61. The van der Waals surface area contributed by atoms with Gasteiger partial charge in [0, 0.05) is 20.5 Å². The summed E-state index contributed by atoms with van der Waals surface area (Å²) < 4.78 is 0. The van der Waals surface area contributed by atoms with Gasteiger partial charge in [0.15, 0.2) is 0 Å². The second-order valence-corrected chi connectivity index (χ2v) is 4.35. The Kier molecular flexibility index (Phi) is 4.56. The third kappa shape index (κ3) is 6.43. The van der Waals surface area contributed by atoms with Crippen molar-refractivity contribution >= 4 is 20.5 Å². The summed E-state index contributed by atoms with van der Waals surface area (Å²) in [5, 5.41) is 0. The van der Waals surface area contributed by atoms with Gasteiger partial charge >= 0.3 is 0 Å². The largest absolute Gasteiger partial charge is 0.0656 e. The third-order valence-electron chi connectivity index (χ3n) is 1.03. The molecule has 0 aromatic heterocycles. The normalized spacial score (nSPS) is 18.0. The first-order valence-corrected chi connectivity index (χ1v) is 4.20. The Hall–Kier alpha value is 0.434. The molecule has 0 bridgehead atoms. The molecular weight excluding hydrogens is 128 g/mol. The zero-order chi connectivity index (χ0) is 6.57. The molecule has 0 aromatic carbocycles. The van der Waals surface area contributed by atoms with Crippen molar-refractivity contribution in [2.75, 3.05) is 0 Å². The predicted molar refractivity (Wildman–Crippen MR) is 39.6 cm³/mol. The topological polar surface area (TPSA) is 0 Å². The zero-order valence-corrected chi connectivity index (χ0v) is 7.57. The van der Waals surface area contributed by atoms with Gasteiger partial charge in [-0.25, -0.2) is 0 Å². The predicted octanol–water partition coefficient (Wildman–Crippen LogP) is 1.72. The van der Waals surface area contributed by atoms with Gasteiger partial charge in [-0.15, -0.1) is 0 Å². The van der Waals surface area contributed by atoms with E-state index in [2.05, 4.69) is 34.3 Å². The van der Waals surface area contributed by atoms with E-state index in [1.54, 1.807) is 0 Å². The van der Waals surface area contributed by atoms with Crippen LogP contribution in [0.15, 0.2) is 0 Å². The maximum absolute atomic E-state index is 3.53. The molecule has 0 rings (SSSR count). The van der Waals surface area contributed by atoms with Crippen LogP contribution in [0.2, 0.25) is 11.1 Å². The molecule has 0 aliphatic carbocycles. The average Bonchev–Trinajstić information content (AvgIpc) is 1.61. The molecule has 44 valence electrons. The Morgan fingerprint density at radius 3 is 1.38 bits per heavy atom. The summed E-state index contributed by atoms with van der Waals surface area (Å²) in [4.78, 5) is 0. The standard InChI is InChI=1S/C6H12Si2/c1-5(7)3-4-6(2)8/h5-6H,3-4H2,1-2H3. The van der Waals surface area contributed by atoms with E-state index in [9.17, 15) is 0 Å². The van der Waals surface area contributed by atoms with Crippen LogP contribution in [0.1, 0.15) is 26.7 Å². The highest BCUT2D eigenvalue weighted by molar-refractivity contribution is 6.12. The molecule has 0 aliphatic heterocycles. The fourth-order valence-corrected chi connectivity index (χ4v) is 0.833. The Bertz CT molecular complexity index is 42.5. The first-order chi connectivity index (χ1) is 3.63. The van der Waals surface area contributed by atoms with Crippen molar-refractivity contribution < 1.29 is 0 Å². The first-order valence-electron chi connectivity index (χ1n) is 3.05. The van der Waals surface area contributed by atoms with Crippen LogP contribution in [0.25, 0.3) is 0 Å². The molecule has 2 atom stereocenters. The lowest BCUT2D eigenvalue weighted by Gasteiger charge is -2.05. The molecule has 0 aliphatic rings. The van der Waals surface area contributed by atoms with E-state index in [1.807, 2.05) is 0 Å². The molecule has 2 unspecified atom stereocenters. The zero-order valence-electron chi connectivity index (χ0n) is 5.57. The molecule has 0 spiro atoms. The monoisotopic (exact) mass is 140 g/mol. The van der Waals surface area contributed by atoms with E-state index in [4.69, 9.17) is 0 Å². The minimum absolute atomic E-state index is 0.661. The lowest BCUT2D eigenvalue weighted by atomic mass is 10.2. The van der Waals surface area contributed by atoms with Gasteiger partial charge in [-0.3, -0.25) is 0 Å². The quantitative estimate of drug-likeness (QED) is 0.524. The molecule has 0 nitrogen and oxygen atoms in total. The maximum atomic E-state index is 3.53. The van der Waals surface area contributed by atoms with Crippen molar-refractivity contribution in [1.29, 1.82) is 0 Å². The van der Waals surface area contributed by atoms with Crippen molar-refractivity contribution in [3.8, 4) is 0 Å². The SMILES string of the molecule is CC([Si])CCC(C)[Si]. The highest BCUT2D eigenvalue weighted by Gasteiger charge is 1.96. The lowest BCUT2D eigenvalue weighted by molar-refractivity contribution is 0.699. The summed E-state index contributed by atoms with van der Waals surface area (Å²) in [6, 6.07) is 0. The fourth-order valence-electron chi connectivity index (χ4n) is 0.500.